The van der Waals surface area contributed by atoms with Crippen molar-refractivity contribution < 1.29 is 9.18 Å². The summed E-state index contributed by atoms with van der Waals surface area (Å²) in [6, 6.07) is 11.4. The number of hydrogen-bond donors (Lipinski definition) is 1. The zero-order valence-electron chi connectivity index (χ0n) is 13.1. The first-order valence-electron chi connectivity index (χ1n) is 7.55. The maximum atomic E-state index is 13.1. The molecule has 3 aromatic rings. The Morgan fingerprint density at radius 1 is 1.25 bits per heavy atom. The number of carbonyl (C=O) groups excluding carboxylic acids is 1. The second-order valence-corrected chi connectivity index (χ2v) is 5.51. The maximum Gasteiger partial charge on any atom is 0.226 e. The number of fused-ring (bicyclic) bond motifs is 1. The van der Waals surface area contributed by atoms with Gasteiger partial charge in [-0.15, -0.1) is 0 Å². The van der Waals surface area contributed by atoms with Crippen molar-refractivity contribution in [3.63, 3.8) is 0 Å². The van der Waals surface area contributed by atoms with Crippen LogP contribution in [-0.2, 0) is 11.3 Å². The normalized spacial score (nSPS) is 10.8. The van der Waals surface area contributed by atoms with Gasteiger partial charge in [0.15, 0.2) is 0 Å². The highest BCUT2D eigenvalue weighted by atomic mass is 19.1. The molecular weight excluding hydrogens is 309 g/mol. The number of anilines is 1. The Bertz CT molecular complexity index is 966. The second kappa shape index (κ2) is 6.62. The summed E-state index contributed by atoms with van der Waals surface area (Å²) in [5.74, 6) is -0.538. The van der Waals surface area contributed by atoms with Gasteiger partial charge in [-0.3, -0.25) is 14.3 Å². The van der Waals surface area contributed by atoms with Gasteiger partial charge in [-0.1, -0.05) is 12.1 Å². The Morgan fingerprint density at radius 2 is 2.04 bits per heavy atom. The summed E-state index contributed by atoms with van der Waals surface area (Å²) in [6.45, 7) is 2.07. The van der Waals surface area contributed by atoms with Gasteiger partial charge in [0.1, 0.15) is 5.82 Å². The van der Waals surface area contributed by atoms with Gasteiger partial charge in [0.05, 0.1) is 18.3 Å². The summed E-state index contributed by atoms with van der Waals surface area (Å²) < 4.78 is 14.7. The fourth-order valence-corrected chi connectivity index (χ4v) is 2.53. The van der Waals surface area contributed by atoms with E-state index >= 15 is 0 Å². The Morgan fingerprint density at radius 3 is 2.83 bits per heavy atom. The lowest BCUT2D eigenvalue weighted by Crippen LogP contribution is -2.18. The molecule has 0 aliphatic rings. The first-order chi connectivity index (χ1) is 11.5. The van der Waals surface area contributed by atoms with Crippen molar-refractivity contribution in [3.8, 4) is 0 Å². The number of amides is 1. The summed E-state index contributed by atoms with van der Waals surface area (Å²) in [5, 5.41) is 7.42. The Labute approximate surface area is 137 Å². The van der Waals surface area contributed by atoms with Crippen molar-refractivity contribution in [1.82, 2.24) is 9.78 Å². The van der Waals surface area contributed by atoms with Crippen LogP contribution >= 0.6 is 0 Å². The number of hydrogen-bond acceptors (Lipinski definition) is 3. The number of rotatable bonds is 4. The summed E-state index contributed by atoms with van der Waals surface area (Å²) in [7, 11) is 0. The van der Waals surface area contributed by atoms with Crippen molar-refractivity contribution in [2.45, 2.75) is 19.9 Å². The van der Waals surface area contributed by atoms with E-state index in [1.54, 1.807) is 29.8 Å². The molecule has 3 rings (SSSR count). The van der Waals surface area contributed by atoms with Gasteiger partial charge in [0.2, 0.25) is 11.3 Å². The molecule has 0 radical (unpaired) electrons. The first-order valence-corrected chi connectivity index (χ1v) is 7.55. The lowest BCUT2D eigenvalue weighted by Gasteiger charge is -2.11. The van der Waals surface area contributed by atoms with Crippen molar-refractivity contribution in [1.29, 1.82) is 0 Å². The van der Waals surface area contributed by atoms with Crippen LogP contribution in [0.3, 0.4) is 0 Å². The van der Waals surface area contributed by atoms with Gasteiger partial charge >= 0.3 is 0 Å². The van der Waals surface area contributed by atoms with E-state index in [4.69, 9.17) is 0 Å². The van der Waals surface area contributed by atoms with Crippen molar-refractivity contribution in [2.24, 2.45) is 0 Å². The minimum Gasteiger partial charge on any atom is -0.326 e. The van der Waals surface area contributed by atoms with E-state index in [-0.39, 0.29) is 23.6 Å². The van der Waals surface area contributed by atoms with Gasteiger partial charge in [0.25, 0.3) is 0 Å². The van der Waals surface area contributed by atoms with Crippen molar-refractivity contribution in [3.05, 3.63) is 70.3 Å². The van der Waals surface area contributed by atoms with Gasteiger partial charge in [-0.25, -0.2) is 4.39 Å². The highest BCUT2D eigenvalue weighted by molar-refractivity contribution is 5.91. The van der Waals surface area contributed by atoms with E-state index in [2.05, 4.69) is 10.4 Å². The smallest absolute Gasteiger partial charge is 0.226 e. The molecule has 0 unspecified atom stereocenters. The average molecular weight is 325 g/mol. The van der Waals surface area contributed by atoms with Crippen molar-refractivity contribution >= 4 is 22.5 Å². The molecule has 0 saturated heterocycles. The minimum atomic E-state index is -0.338. The number of carbonyl (C=O) groups is 1. The van der Waals surface area contributed by atoms with E-state index in [1.165, 1.54) is 24.4 Å². The lowest BCUT2D eigenvalue weighted by molar-refractivity contribution is -0.116. The molecule has 5 nitrogen and oxygen atoms in total. The molecule has 1 aromatic heterocycles. The molecule has 0 bridgehead atoms. The fraction of sp³-hybridized carbons (Fsp3) is 0.167. The van der Waals surface area contributed by atoms with Gasteiger partial charge in [-0.05, 0) is 42.8 Å². The number of para-hydroxylation sites is 1. The third kappa shape index (κ3) is 3.32. The van der Waals surface area contributed by atoms with E-state index < -0.39 is 0 Å². The van der Waals surface area contributed by atoms with E-state index in [0.717, 1.165) is 0 Å². The molecule has 0 fully saturated rings. The largest absolute Gasteiger partial charge is 0.326 e. The van der Waals surface area contributed by atoms with Crippen LogP contribution in [0.1, 0.15) is 12.0 Å². The number of aryl methyl sites for hydroxylation is 2. The Balaban J connectivity index is 1.73. The van der Waals surface area contributed by atoms with E-state index in [1.807, 2.05) is 6.07 Å². The van der Waals surface area contributed by atoms with Crippen LogP contribution in [0.5, 0.6) is 0 Å². The Kier molecular flexibility index (Phi) is 4.37. The zero-order valence-corrected chi connectivity index (χ0v) is 13.1. The third-order valence-electron chi connectivity index (χ3n) is 3.78. The summed E-state index contributed by atoms with van der Waals surface area (Å²) in [4.78, 5) is 23.9. The van der Waals surface area contributed by atoms with Crippen LogP contribution in [0.15, 0.2) is 53.5 Å². The number of aromatic nitrogens is 2. The fourth-order valence-electron chi connectivity index (χ4n) is 2.53. The summed E-state index contributed by atoms with van der Waals surface area (Å²) in [5.41, 5.74) is 1.79. The molecular formula is C18H16FN3O2. The van der Waals surface area contributed by atoms with Crippen LogP contribution in [-0.4, -0.2) is 15.7 Å². The highest BCUT2D eigenvalue weighted by Crippen LogP contribution is 2.16. The van der Waals surface area contributed by atoms with Crippen LogP contribution in [0.25, 0.3) is 10.9 Å². The molecule has 1 amide bonds. The molecule has 24 heavy (non-hydrogen) atoms. The summed E-state index contributed by atoms with van der Waals surface area (Å²) in [6.07, 6.45) is 1.45. The number of benzene rings is 2. The first kappa shape index (κ1) is 15.9. The number of nitrogens with one attached hydrogen (secondary N) is 1. The quantitative estimate of drug-likeness (QED) is 0.802. The van der Waals surface area contributed by atoms with Crippen LogP contribution in [0.2, 0.25) is 0 Å². The predicted molar refractivity (Wildman–Crippen MR) is 90.4 cm³/mol. The predicted octanol–water partition coefficient (Wildman–Crippen LogP) is 2.87. The minimum absolute atomic E-state index is 0.145. The zero-order chi connectivity index (χ0) is 17.1. The van der Waals surface area contributed by atoms with Gasteiger partial charge < -0.3 is 5.32 Å². The molecule has 0 atom stereocenters. The standard InChI is InChI=1S/C18H16FN3O2/c1-12-10-13(19)6-7-15(12)21-18(24)8-9-22-16-5-3-2-4-14(16)17(23)11-20-22/h2-7,10-11H,8-9H2,1H3,(H,21,24). The van der Waals surface area contributed by atoms with Gasteiger partial charge in [-0.2, -0.15) is 5.10 Å². The lowest BCUT2D eigenvalue weighted by atomic mass is 10.2. The Hall–Kier alpha value is -3.02. The number of nitrogens with zero attached hydrogens (tertiary/aromatic N) is 2. The second-order valence-electron chi connectivity index (χ2n) is 5.51. The van der Waals surface area contributed by atoms with Crippen molar-refractivity contribution in [2.75, 3.05) is 5.32 Å². The SMILES string of the molecule is Cc1cc(F)ccc1NC(=O)CCn1ncc(=O)c2ccccc21. The topological polar surface area (TPSA) is 64.0 Å². The molecule has 1 N–H and O–H groups in total. The maximum absolute atomic E-state index is 13.1. The van der Waals surface area contributed by atoms with Crippen LogP contribution < -0.4 is 10.7 Å². The molecule has 2 aromatic carbocycles. The molecule has 6 heteroatoms. The monoisotopic (exact) mass is 325 g/mol. The molecule has 0 saturated carbocycles. The highest BCUT2D eigenvalue weighted by Gasteiger charge is 2.08. The van der Waals surface area contributed by atoms with Crippen LogP contribution in [0.4, 0.5) is 10.1 Å². The molecule has 1 heterocycles. The average Bonchev–Trinajstić information content (AvgIpc) is 2.57. The summed E-state index contributed by atoms with van der Waals surface area (Å²) >= 11 is 0. The molecule has 122 valence electrons. The molecule has 0 aliphatic heterocycles. The molecule has 0 aliphatic carbocycles. The molecule has 0 spiro atoms. The van der Waals surface area contributed by atoms with E-state index in [9.17, 15) is 14.0 Å². The van der Waals surface area contributed by atoms with Gasteiger partial charge in [0, 0.05) is 17.5 Å². The van der Waals surface area contributed by atoms with Crippen LogP contribution in [0, 0.1) is 12.7 Å². The van der Waals surface area contributed by atoms with E-state index in [0.29, 0.717) is 28.7 Å². The number of halogens is 1. The third-order valence-corrected chi connectivity index (χ3v) is 3.78.